The quantitative estimate of drug-likeness (QED) is 0.269. The molecule has 0 aromatic heterocycles. The molecule has 9 heteroatoms. The van der Waals surface area contributed by atoms with Gasteiger partial charge in [-0.2, -0.15) is 0 Å². The third-order valence-electron chi connectivity index (χ3n) is 5.71. The number of benzene rings is 3. The number of hydrogen-bond donors (Lipinski definition) is 1. The molecule has 4 rings (SSSR count). The van der Waals surface area contributed by atoms with Gasteiger partial charge in [0.2, 0.25) is 0 Å². The Labute approximate surface area is 225 Å². The van der Waals surface area contributed by atoms with Crippen LogP contribution in [0.3, 0.4) is 0 Å². The van der Waals surface area contributed by atoms with E-state index >= 15 is 0 Å². The summed E-state index contributed by atoms with van der Waals surface area (Å²) in [6, 6.07) is 15.5. The van der Waals surface area contributed by atoms with Gasteiger partial charge < -0.3 is 9.47 Å². The number of hydrogen-bond acceptors (Lipinski definition) is 5. The molecule has 1 fully saturated rings. The number of carbonyl (C=O) groups is 3. The maximum Gasteiger partial charge on any atom is 0.335 e. The summed E-state index contributed by atoms with van der Waals surface area (Å²) in [6.07, 6.45) is 1.42. The normalized spacial score (nSPS) is 14.8. The summed E-state index contributed by atoms with van der Waals surface area (Å²) in [4.78, 5) is 39.3. The lowest BCUT2D eigenvalue weighted by Gasteiger charge is -2.27. The van der Waals surface area contributed by atoms with Gasteiger partial charge >= 0.3 is 6.03 Å². The van der Waals surface area contributed by atoms with Gasteiger partial charge in [-0.15, -0.1) is 0 Å². The van der Waals surface area contributed by atoms with Crippen LogP contribution in [-0.4, -0.2) is 25.0 Å². The monoisotopic (exact) mass is 612 g/mol. The van der Waals surface area contributed by atoms with E-state index in [1.807, 2.05) is 44.2 Å². The van der Waals surface area contributed by atoms with Crippen LogP contribution >= 0.6 is 31.9 Å². The molecule has 0 bridgehead atoms. The number of halogens is 2. The van der Waals surface area contributed by atoms with E-state index in [0.717, 1.165) is 26.1 Å². The van der Waals surface area contributed by atoms with Crippen molar-refractivity contribution in [3.05, 3.63) is 91.4 Å². The zero-order valence-corrected chi connectivity index (χ0v) is 22.9. The van der Waals surface area contributed by atoms with Gasteiger partial charge in [0.15, 0.2) is 11.5 Å². The molecule has 0 atom stereocenters. The van der Waals surface area contributed by atoms with Crippen molar-refractivity contribution in [2.75, 3.05) is 12.0 Å². The number of amides is 4. The Balaban J connectivity index is 1.64. The van der Waals surface area contributed by atoms with Crippen molar-refractivity contribution in [3.63, 3.8) is 0 Å². The van der Waals surface area contributed by atoms with Crippen LogP contribution in [0.15, 0.2) is 69.1 Å². The van der Waals surface area contributed by atoms with Crippen LogP contribution in [0.25, 0.3) is 6.08 Å². The van der Waals surface area contributed by atoms with E-state index in [1.165, 1.54) is 13.2 Å². The molecule has 0 radical (unpaired) electrons. The van der Waals surface area contributed by atoms with Gasteiger partial charge in [-0.05, 0) is 94.5 Å². The zero-order valence-electron chi connectivity index (χ0n) is 19.7. The molecule has 4 amide bonds. The van der Waals surface area contributed by atoms with Crippen LogP contribution in [0.5, 0.6) is 11.5 Å². The van der Waals surface area contributed by atoms with Gasteiger partial charge in [0.1, 0.15) is 12.2 Å². The van der Waals surface area contributed by atoms with E-state index in [1.54, 1.807) is 24.3 Å². The van der Waals surface area contributed by atoms with Gasteiger partial charge in [-0.3, -0.25) is 14.9 Å². The van der Waals surface area contributed by atoms with E-state index in [2.05, 4.69) is 37.2 Å². The van der Waals surface area contributed by atoms with Crippen molar-refractivity contribution in [3.8, 4) is 11.5 Å². The minimum Gasteiger partial charge on any atom is -0.493 e. The summed E-state index contributed by atoms with van der Waals surface area (Å²) in [5.41, 5.74) is 3.64. The Morgan fingerprint density at radius 3 is 2.33 bits per heavy atom. The summed E-state index contributed by atoms with van der Waals surface area (Å²) in [6.45, 7) is 4.14. The van der Waals surface area contributed by atoms with Gasteiger partial charge in [-0.25, -0.2) is 9.69 Å². The smallest absolute Gasteiger partial charge is 0.335 e. The number of aryl methyl sites for hydroxylation is 2. The number of barbiturate groups is 1. The highest BCUT2D eigenvalue weighted by atomic mass is 79.9. The molecule has 1 aliphatic rings. The lowest BCUT2D eigenvalue weighted by Crippen LogP contribution is -2.54. The first-order valence-electron chi connectivity index (χ1n) is 10.9. The van der Waals surface area contributed by atoms with Crippen LogP contribution < -0.4 is 19.7 Å². The predicted molar refractivity (Wildman–Crippen MR) is 144 cm³/mol. The number of nitrogens with zero attached hydrogens (tertiary/aromatic N) is 1. The van der Waals surface area contributed by atoms with Crippen molar-refractivity contribution in [1.29, 1.82) is 0 Å². The van der Waals surface area contributed by atoms with Crippen molar-refractivity contribution in [2.45, 2.75) is 20.5 Å². The minimum atomic E-state index is -0.791. The van der Waals surface area contributed by atoms with E-state index in [9.17, 15) is 14.4 Å². The average molecular weight is 614 g/mol. The van der Waals surface area contributed by atoms with Crippen molar-refractivity contribution >= 4 is 61.5 Å². The van der Waals surface area contributed by atoms with E-state index in [4.69, 9.17) is 9.47 Å². The highest BCUT2D eigenvalue weighted by Gasteiger charge is 2.37. The molecule has 1 aliphatic heterocycles. The van der Waals surface area contributed by atoms with Gasteiger partial charge in [0, 0.05) is 4.47 Å². The van der Waals surface area contributed by atoms with Crippen LogP contribution in [0.1, 0.15) is 22.3 Å². The number of methoxy groups -OCH3 is 1. The zero-order chi connectivity index (χ0) is 26.0. The van der Waals surface area contributed by atoms with Crippen LogP contribution in [0.4, 0.5) is 10.5 Å². The van der Waals surface area contributed by atoms with Crippen molar-refractivity contribution in [2.24, 2.45) is 0 Å². The summed E-state index contributed by atoms with van der Waals surface area (Å²) in [7, 11) is 1.50. The molecule has 1 N–H and O–H groups in total. The average Bonchev–Trinajstić information content (AvgIpc) is 2.84. The van der Waals surface area contributed by atoms with Crippen LogP contribution in [0.2, 0.25) is 0 Å². The topological polar surface area (TPSA) is 84.9 Å². The lowest BCUT2D eigenvalue weighted by atomic mass is 10.0. The maximum absolute atomic E-state index is 13.2. The SMILES string of the molecule is COc1cc(/C=C2\C(=O)NC(=O)N(c3ccc(C)c(C)c3)C2=O)cc(Br)c1OCc1ccc(Br)cc1. The molecule has 0 saturated carbocycles. The third kappa shape index (κ3) is 5.37. The number of carbonyl (C=O) groups excluding carboxylic acids is 3. The molecule has 0 spiro atoms. The number of anilines is 1. The largest absolute Gasteiger partial charge is 0.493 e. The Hall–Kier alpha value is -3.43. The Morgan fingerprint density at radius 2 is 1.67 bits per heavy atom. The fraction of sp³-hybridized carbons (Fsp3) is 0.148. The number of imide groups is 2. The maximum atomic E-state index is 13.2. The first-order chi connectivity index (χ1) is 17.2. The molecule has 184 valence electrons. The molecular weight excluding hydrogens is 592 g/mol. The first-order valence-corrected chi connectivity index (χ1v) is 12.5. The van der Waals surface area contributed by atoms with E-state index < -0.39 is 17.8 Å². The molecule has 1 saturated heterocycles. The van der Waals surface area contributed by atoms with Crippen molar-refractivity contribution < 1.29 is 23.9 Å². The Morgan fingerprint density at radius 1 is 0.944 bits per heavy atom. The van der Waals surface area contributed by atoms with Gasteiger partial charge in [0.05, 0.1) is 17.3 Å². The summed E-state index contributed by atoms with van der Waals surface area (Å²) >= 11 is 6.91. The molecule has 3 aromatic carbocycles. The highest BCUT2D eigenvalue weighted by molar-refractivity contribution is 9.10. The molecular formula is C27H22Br2N2O5. The number of nitrogens with one attached hydrogen (secondary N) is 1. The number of ether oxygens (including phenoxy) is 2. The first kappa shape index (κ1) is 25.7. The number of urea groups is 1. The summed E-state index contributed by atoms with van der Waals surface area (Å²) in [5, 5.41) is 2.25. The van der Waals surface area contributed by atoms with E-state index in [0.29, 0.717) is 33.8 Å². The second kappa shape index (κ2) is 10.7. The van der Waals surface area contributed by atoms with Gasteiger partial charge in [0.25, 0.3) is 11.8 Å². The Kier molecular flexibility index (Phi) is 7.61. The summed E-state index contributed by atoms with van der Waals surface area (Å²) < 4.78 is 13.0. The van der Waals surface area contributed by atoms with Crippen LogP contribution in [0, 0.1) is 13.8 Å². The van der Waals surface area contributed by atoms with Crippen molar-refractivity contribution in [1.82, 2.24) is 5.32 Å². The molecule has 0 unspecified atom stereocenters. The number of rotatable bonds is 6. The van der Waals surface area contributed by atoms with Gasteiger partial charge in [-0.1, -0.05) is 34.1 Å². The highest BCUT2D eigenvalue weighted by Crippen LogP contribution is 2.38. The molecule has 7 nitrogen and oxygen atoms in total. The molecule has 36 heavy (non-hydrogen) atoms. The second-order valence-corrected chi connectivity index (χ2v) is 9.95. The molecule has 3 aromatic rings. The Bertz CT molecular complexity index is 1400. The fourth-order valence-corrected chi connectivity index (χ4v) is 4.46. The summed E-state index contributed by atoms with van der Waals surface area (Å²) in [5.74, 6) is -0.582. The fourth-order valence-electron chi connectivity index (χ4n) is 3.62. The van der Waals surface area contributed by atoms with E-state index in [-0.39, 0.29) is 5.57 Å². The minimum absolute atomic E-state index is 0.176. The molecule has 1 heterocycles. The lowest BCUT2D eigenvalue weighted by molar-refractivity contribution is -0.122. The standard InChI is InChI=1S/C27H22Br2N2O5/c1-15-4-9-20(10-16(15)2)31-26(33)21(25(32)30-27(31)34)11-18-12-22(29)24(23(13-18)35-3)36-14-17-5-7-19(28)8-6-17/h4-13H,14H2,1-3H3,(H,30,32,34)/b21-11+. The second-order valence-electron chi connectivity index (χ2n) is 8.18. The molecule has 0 aliphatic carbocycles. The third-order valence-corrected chi connectivity index (χ3v) is 6.83. The van der Waals surface area contributed by atoms with Crippen LogP contribution in [-0.2, 0) is 16.2 Å². The predicted octanol–water partition coefficient (Wildman–Crippen LogP) is 6.08.